The topological polar surface area (TPSA) is 104 Å². The summed E-state index contributed by atoms with van der Waals surface area (Å²) in [5.74, 6) is -1.73. The molecule has 0 saturated carbocycles. The number of nitrogens with zero attached hydrogens (tertiary/aromatic N) is 2. The Morgan fingerprint density at radius 1 is 1.02 bits per heavy atom. The molecule has 0 bridgehead atoms. The Balaban J connectivity index is 1.91. The van der Waals surface area contributed by atoms with E-state index in [0.29, 0.717) is 19.4 Å². The highest BCUT2D eigenvalue weighted by atomic mass is 16.5. The molecule has 3 N–H and O–H groups in total. The quantitative estimate of drug-likeness (QED) is 0.130. The van der Waals surface area contributed by atoms with Gasteiger partial charge in [-0.25, -0.2) is 10.2 Å². The van der Waals surface area contributed by atoms with Gasteiger partial charge >= 0.3 is 5.97 Å². The number of phenols is 2. The van der Waals surface area contributed by atoms with Crippen molar-refractivity contribution in [2.24, 2.45) is 5.10 Å². The van der Waals surface area contributed by atoms with E-state index in [0.717, 1.165) is 39.1 Å². The van der Waals surface area contributed by atoms with Crippen LogP contribution >= 0.6 is 0 Å². The number of rotatable bonds is 8. The SMILES string of the molecule is C=C(C)C(=O)Oc1cc(OCCC)c(O)c(O)c1N1N=C(c2ccc(C)cc2C)CC(c2ccc(C)cc2C)N1. The average molecular weight is 544 g/mol. The van der Waals surface area contributed by atoms with Gasteiger partial charge in [0, 0.05) is 23.6 Å². The fourth-order valence-electron chi connectivity index (χ4n) is 4.78. The molecular weight excluding hydrogens is 506 g/mol. The normalized spacial score (nSPS) is 15.0. The van der Waals surface area contributed by atoms with Crippen molar-refractivity contribution in [3.63, 3.8) is 0 Å². The van der Waals surface area contributed by atoms with Crippen LogP contribution in [0.4, 0.5) is 5.69 Å². The minimum Gasteiger partial charge on any atom is -0.503 e. The van der Waals surface area contributed by atoms with Crippen molar-refractivity contribution >= 4 is 17.4 Å². The number of benzene rings is 3. The molecule has 1 aliphatic heterocycles. The first-order chi connectivity index (χ1) is 19.0. The van der Waals surface area contributed by atoms with E-state index < -0.39 is 17.5 Å². The van der Waals surface area contributed by atoms with Crippen molar-refractivity contribution in [1.82, 2.24) is 5.43 Å². The molecule has 3 aromatic rings. The Labute approximate surface area is 235 Å². The Bertz CT molecular complexity index is 1490. The Morgan fingerprint density at radius 3 is 2.33 bits per heavy atom. The molecule has 1 unspecified atom stereocenters. The lowest BCUT2D eigenvalue weighted by Crippen LogP contribution is -2.43. The van der Waals surface area contributed by atoms with Gasteiger partial charge in [-0.05, 0) is 57.7 Å². The highest BCUT2D eigenvalue weighted by Gasteiger charge is 2.32. The van der Waals surface area contributed by atoms with Crippen LogP contribution in [0.3, 0.4) is 0 Å². The fraction of sp³-hybridized carbons (Fsp3) is 0.312. The van der Waals surface area contributed by atoms with Crippen LogP contribution in [0.15, 0.2) is 59.7 Å². The van der Waals surface area contributed by atoms with E-state index >= 15 is 0 Å². The number of aromatic hydroxyl groups is 2. The van der Waals surface area contributed by atoms with Gasteiger partial charge in [0.15, 0.2) is 22.9 Å². The third kappa shape index (κ3) is 5.97. The van der Waals surface area contributed by atoms with Crippen LogP contribution < -0.4 is 20.0 Å². The van der Waals surface area contributed by atoms with Crippen molar-refractivity contribution in [1.29, 1.82) is 0 Å². The van der Waals surface area contributed by atoms with Gasteiger partial charge in [0.05, 0.1) is 18.4 Å². The molecule has 0 aliphatic carbocycles. The van der Waals surface area contributed by atoms with Gasteiger partial charge in [-0.3, -0.25) is 0 Å². The molecule has 8 heteroatoms. The van der Waals surface area contributed by atoms with Gasteiger partial charge in [0.2, 0.25) is 5.75 Å². The molecule has 1 atom stereocenters. The smallest absolute Gasteiger partial charge is 0.338 e. The minimum atomic E-state index is -0.686. The third-order valence-electron chi connectivity index (χ3n) is 6.79. The fourth-order valence-corrected chi connectivity index (χ4v) is 4.78. The van der Waals surface area contributed by atoms with E-state index in [1.165, 1.54) is 18.1 Å². The molecular formula is C32H37N3O5. The van der Waals surface area contributed by atoms with E-state index in [1.54, 1.807) is 0 Å². The number of hydrazone groups is 1. The molecule has 3 aromatic carbocycles. The summed E-state index contributed by atoms with van der Waals surface area (Å²) in [6.07, 6.45) is 1.24. The van der Waals surface area contributed by atoms with E-state index in [9.17, 15) is 15.0 Å². The molecule has 0 fully saturated rings. The molecule has 210 valence electrons. The number of phenolic OH excluding ortho intramolecular Hbond substituents is 2. The first-order valence-electron chi connectivity index (χ1n) is 13.4. The second-order valence-electron chi connectivity index (χ2n) is 10.4. The van der Waals surface area contributed by atoms with Crippen molar-refractivity contribution in [2.75, 3.05) is 11.7 Å². The molecule has 0 aromatic heterocycles. The summed E-state index contributed by atoms with van der Waals surface area (Å²) in [5.41, 5.74) is 10.8. The average Bonchev–Trinajstić information content (AvgIpc) is 2.89. The van der Waals surface area contributed by atoms with Crippen LogP contribution in [-0.4, -0.2) is 28.5 Å². The summed E-state index contributed by atoms with van der Waals surface area (Å²) >= 11 is 0. The zero-order valence-electron chi connectivity index (χ0n) is 24.0. The Morgan fingerprint density at radius 2 is 1.70 bits per heavy atom. The van der Waals surface area contributed by atoms with Crippen LogP contribution in [0.1, 0.15) is 66.1 Å². The third-order valence-corrected chi connectivity index (χ3v) is 6.79. The minimum absolute atomic E-state index is 0.00543. The molecule has 40 heavy (non-hydrogen) atoms. The molecule has 0 radical (unpaired) electrons. The monoisotopic (exact) mass is 543 g/mol. The summed E-state index contributed by atoms with van der Waals surface area (Å²) < 4.78 is 11.3. The second-order valence-corrected chi connectivity index (χ2v) is 10.4. The number of hydrogen-bond donors (Lipinski definition) is 3. The van der Waals surface area contributed by atoms with Crippen molar-refractivity contribution in [2.45, 2.75) is 60.4 Å². The van der Waals surface area contributed by atoms with Gasteiger partial charge in [0.25, 0.3) is 0 Å². The first kappa shape index (κ1) is 28.7. The zero-order chi connectivity index (χ0) is 29.1. The van der Waals surface area contributed by atoms with Crippen LogP contribution in [0.25, 0.3) is 0 Å². The van der Waals surface area contributed by atoms with E-state index in [1.807, 2.05) is 39.8 Å². The van der Waals surface area contributed by atoms with Gasteiger partial charge in [-0.1, -0.05) is 61.0 Å². The number of ether oxygens (including phenoxy) is 2. The van der Waals surface area contributed by atoms with E-state index in [4.69, 9.17) is 14.6 Å². The number of anilines is 1. The molecule has 1 heterocycles. The lowest BCUT2D eigenvalue weighted by molar-refractivity contribution is -0.130. The van der Waals surface area contributed by atoms with Crippen molar-refractivity contribution < 1.29 is 24.5 Å². The van der Waals surface area contributed by atoms with Gasteiger partial charge in [-0.2, -0.15) is 10.2 Å². The molecule has 0 saturated heterocycles. The number of carbonyl (C=O) groups is 1. The maximum Gasteiger partial charge on any atom is 0.338 e. The lowest BCUT2D eigenvalue weighted by atomic mass is 9.91. The summed E-state index contributed by atoms with van der Waals surface area (Å²) in [6.45, 7) is 15.6. The number of nitrogens with one attached hydrogen (secondary N) is 1. The standard InChI is InChI=1S/C32H37N3O5/c1-8-13-39-28-17-27(40-32(38)18(2)3)29(31(37)30(28)36)35-33-25(23-11-9-19(4)14-21(23)6)16-26(34-35)24-12-10-20(5)15-22(24)7/h9-12,14-15,17,25,33,36-37H,2,8,13,16H2,1,3-7H3. The van der Waals surface area contributed by atoms with Crippen molar-refractivity contribution in [3.8, 4) is 23.0 Å². The van der Waals surface area contributed by atoms with Gasteiger partial charge in [-0.15, -0.1) is 0 Å². The number of carbonyl (C=O) groups excluding carboxylic acids is 1. The van der Waals surface area contributed by atoms with Crippen LogP contribution in [-0.2, 0) is 4.79 Å². The van der Waals surface area contributed by atoms with E-state index in [2.05, 4.69) is 43.2 Å². The maximum atomic E-state index is 12.6. The number of hydrogen-bond acceptors (Lipinski definition) is 8. The number of esters is 1. The van der Waals surface area contributed by atoms with E-state index in [-0.39, 0.29) is 28.8 Å². The molecule has 4 rings (SSSR count). The largest absolute Gasteiger partial charge is 0.503 e. The highest BCUT2D eigenvalue weighted by Crippen LogP contribution is 2.50. The molecule has 0 spiro atoms. The number of hydrazine groups is 1. The van der Waals surface area contributed by atoms with Crippen LogP contribution in [0.5, 0.6) is 23.0 Å². The lowest BCUT2D eigenvalue weighted by Gasteiger charge is -2.35. The Hall–Kier alpha value is -4.30. The molecule has 1 aliphatic rings. The summed E-state index contributed by atoms with van der Waals surface area (Å²) in [4.78, 5) is 12.6. The van der Waals surface area contributed by atoms with Crippen molar-refractivity contribution in [3.05, 3.63) is 88.0 Å². The summed E-state index contributed by atoms with van der Waals surface area (Å²) in [6, 6.07) is 13.6. The number of aryl methyl sites for hydroxylation is 4. The van der Waals surface area contributed by atoms with Crippen LogP contribution in [0, 0.1) is 27.7 Å². The Kier molecular flexibility index (Phi) is 8.49. The predicted molar refractivity (Wildman–Crippen MR) is 157 cm³/mol. The second kappa shape index (κ2) is 11.8. The van der Waals surface area contributed by atoms with Crippen LogP contribution in [0.2, 0.25) is 0 Å². The maximum absolute atomic E-state index is 12.6. The molecule has 0 amide bonds. The van der Waals surface area contributed by atoms with Gasteiger partial charge in [0.1, 0.15) is 0 Å². The zero-order valence-corrected chi connectivity index (χ0v) is 24.0. The van der Waals surface area contributed by atoms with Gasteiger partial charge < -0.3 is 19.7 Å². The summed E-state index contributed by atoms with van der Waals surface area (Å²) in [5, 5.41) is 28.4. The predicted octanol–water partition coefficient (Wildman–Crippen LogP) is 6.46. The first-order valence-corrected chi connectivity index (χ1v) is 13.4. The summed E-state index contributed by atoms with van der Waals surface area (Å²) in [7, 11) is 0. The molecule has 8 nitrogen and oxygen atoms in total. The highest BCUT2D eigenvalue weighted by molar-refractivity contribution is 6.03.